The number of hydrogen-bond acceptors (Lipinski definition) is 4. The number of nitrogens with zero attached hydrogens (tertiary/aromatic N) is 3. The molecule has 35 heavy (non-hydrogen) atoms. The summed E-state index contributed by atoms with van der Waals surface area (Å²) >= 11 is 0. The summed E-state index contributed by atoms with van der Waals surface area (Å²) in [6.45, 7) is 5.06. The van der Waals surface area contributed by atoms with Gasteiger partial charge < -0.3 is 10.2 Å². The third-order valence-electron chi connectivity index (χ3n) is 5.51. The van der Waals surface area contributed by atoms with Gasteiger partial charge in [0.15, 0.2) is 0 Å². The molecule has 1 aromatic heterocycles. The van der Waals surface area contributed by atoms with Gasteiger partial charge >= 0.3 is 10.2 Å². The van der Waals surface area contributed by atoms with E-state index in [1.807, 2.05) is 19.9 Å². The molecule has 8 nitrogen and oxygen atoms in total. The fourth-order valence-electron chi connectivity index (χ4n) is 3.77. The molecular formula is C26H32N4O4S. The molecule has 0 spiro atoms. The molecule has 186 valence electrons. The molecule has 3 rings (SSSR count). The SMILES string of the molecule is CCCN(CCC)C(=O)/C(=C/c1cn(S(=O)(=O)N(C)C)c2ccccc12)NC(=O)c1ccccc1. The van der Waals surface area contributed by atoms with Crippen LogP contribution < -0.4 is 5.32 Å². The first kappa shape index (κ1) is 26.2. The first-order valence-electron chi connectivity index (χ1n) is 11.6. The van der Waals surface area contributed by atoms with Crippen LogP contribution in [0.25, 0.3) is 17.0 Å². The number of carbonyl (C=O) groups is 2. The monoisotopic (exact) mass is 496 g/mol. The van der Waals surface area contributed by atoms with Gasteiger partial charge in [-0.2, -0.15) is 12.7 Å². The Morgan fingerprint density at radius 3 is 2.14 bits per heavy atom. The van der Waals surface area contributed by atoms with Gasteiger partial charge in [0, 0.05) is 49.9 Å². The summed E-state index contributed by atoms with van der Waals surface area (Å²) in [6.07, 6.45) is 4.58. The molecule has 0 radical (unpaired) electrons. The lowest BCUT2D eigenvalue weighted by atomic mass is 10.1. The van der Waals surface area contributed by atoms with Crippen LogP contribution in [0.5, 0.6) is 0 Å². The zero-order chi connectivity index (χ0) is 25.6. The van der Waals surface area contributed by atoms with Crippen LogP contribution in [0.4, 0.5) is 0 Å². The van der Waals surface area contributed by atoms with Gasteiger partial charge in [-0.1, -0.05) is 50.2 Å². The zero-order valence-corrected chi connectivity index (χ0v) is 21.4. The van der Waals surface area contributed by atoms with Crippen molar-refractivity contribution in [3.63, 3.8) is 0 Å². The predicted molar refractivity (Wildman–Crippen MR) is 139 cm³/mol. The molecule has 1 N–H and O–H groups in total. The van der Waals surface area contributed by atoms with Crippen molar-refractivity contribution in [2.75, 3.05) is 27.2 Å². The van der Waals surface area contributed by atoms with Crippen molar-refractivity contribution in [3.05, 3.63) is 77.6 Å². The van der Waals surface area contributed by atoms with Gasteiger partial charge in [0.05, 0.1) is 5.52 Å². The predicted octanol–water partition coefficient (Wildman–Crippen LogP) is 3.72. The van der Waals surface area contributed by atoms with Crippen LogP contribution in [0, 0.1) is 0 Å². The number of hydrogen-bond donors (Lipinski definition) is 1. The number of carbonyl (C=O) groups excluding carboxylic acids is 2. The number of amides is 2. The molecule has 0 aliphatic rings. The van der Waals surface area contributed by atoms with Gasteiger partial charge in [0.1, 0.15) is 5.70 Å². The lowest BCUT2D eigenvalue weighted by Gasteiger charge is -2.23. The fraction of sp³-hybridized carbons (Fsp3) is 0.308. The maximum absolute atomic E-state index is 13.6. The Hall–Kier alpha value is -3.43. The summed E-state index contributed by atoms with van der Waals surface area (Å²) in [5, 5.41) is 3.42. The first-order valence-corrected chi connectivity index (χ1v) is 13.0. The number of aromatic nitrogens is 1. The fourth-order valence-corrected chi connectivity index (χ4v) is 4.78. The molecule has 0 atom stereocenters. The Bertz CT molecular complexity index is 1320. The van der Waals surface area contributed by atoms with E-state index in [1.54, 1.807) is 59.5 Å². The standard InChI is InChI=1S/C26H32N4O4S/c1-5-16-29(17-6-2)26(32)23(27-25(31)20-12-8-7-9-13-20)18-21-19-30(35(33,34)28(3)4)24-15-11-10-14-22(21)24/h7-15,18-19H,5-6,16-17H2,1-4H3,(H,27,31)/b23-18-. The van der Waals surface area contributed by atoms with E-state index in [4.69, 9.17) is 0 Å². The first-order chi connectivity index (χ1) is 16.7. The van der Waals surface area contributed by atoms with Crippen molar-refractivity contribution in [2.45, 2.75) is 26.7 Å². The molecule has 1 heterocycles. The minimum absolute atomic E-state index is 0.0888. The van der Waals surface area contributed by atoms with E-state index in [0.29, 0.717) is 35.1 Å². The molecular weight excluding hydrogens is 464 g/mol. The van der Waals surface area contributed by atoms with E-state index in [1.165, 1.54) is 24.3 Å². The van der Waals surface area contributed by atoms with Crippen LogP contribution in [-0.2, 0) is 15.0 Å². The molecule has 0 bridgehead atoms. The highest BCUT2D eigenvalue weighted by atomic mass is 32.2. The quantitative estimate of drug-likeness (QED) is 0.433. The Balaban J connectivity index is 2.16. The summed E-state index contributed by atoms with van der Waals surface area (Å²) in [6, 6.07) is 15.7. The number of benzene rings is 2. The normalized spacial score (nSPS) is 12.2. The Morgan fingerprint density at radius 1 is 0.943 bits per heavy atom. The second kappa shape index (κ2) is 11.3. The Kier molecular flexibility index (Phi) is 8.48. The van der Waals surface area contributed by atoms with Crippen molar-refractivity contribution in [1.29, 1.82) is 0 Å². The van der Waals surface area contributed by atoms with Crippen LogP contribution >= 0.6 is 0 Å². The van der Waals surface area contributed by atoms with Crippen molar-refractivity contribution >= 4 is 39.0 Å². The highest BCUT2D eigenvalue weighted by molar-refractivity contribution is 7.87. The number of nitrogens with one attached hydrogen (secondary N) is 1. The minimum atomic E-state index is -3.80. The summed E-state index contributed by atoms with van der Waals surface area (Å²) in [5.41, 5.74) is 1.50. The average Bonchev–Trinajstić information content (AvgIpc) is 3.22. The van der Waals surface area contributed by atoms with Gasteiger partial charge in [-0.25, -0.2) is 3.97 Å². The lowest BCUT2D eigenvalue weighted by Crippen LogP contribution is -2.39. The van der Waals surface area contributed by atoms with Gasteiger partial charge in [-0.05, 0) is 37.1 Å². The van der Waals surface area contributed by atoms with Crippen LogP contribution in [0.1, 0.15) is 42.6 Å². The van der Waals surface area contributed by atoms with E-state index in [-0.39, 0.29) is 11.6 Å². The van der Waals surface area contributed by atoms with Crippen molar-refractivity contribution in [3.8, 4) is 0 Å². The van der Waals surface area contributed by atoms with Gasteiger partial charge in [0.2, 0.25) is 0 Å². The van der Waals surface area contributed by atoms with Gasteiger partial charge in [-0.3, -0.25) is 9.59 Å². The number of fused-ring (bicyclic) bond motifs is 1. The van der Waals surface area contributed by atoms with Crippen molar-refractivity contribution in [1.82, 2.24) is 18.5 Å². The average molecular weight is 497 g/mol. The summed E-state index contributed by atoms with van der Waals surface area (Å²) in [4.78, 5) is 28.2. The maximum Gasteiger partial charge on any atom is 0.307 e. The molecule has 0 fully saturated rings. The second-order valence-corrected chi connectivity index (χ2v) is 10.4. The minimum Gasteiger partial charge on any atom is -0.337 e. The molecule has 3 aromatic rings. The number of rotatable bonds is 10. The third-order valence-corrected chi connectivity index (χ3v) is 7.23. The second-order valence-electron chi connectivity index (χ2n) is 8.36. The van der Waals surface area contributed by atoms with E-state index < -0.39 is 16.1 Å². The molecule has 0 unspecified atom stereocenters. The van der Waals surface area contributed by atoms with E-state index in [0.717, 1.165) is 17.1 Å². The van der Waals surface area contributed by atoms with Crippen LogP contribution in [-0.4, -0.2) is 60.6 Å². The van der Waals surface area contributed by atoms with Crippen molar-refractivity contribution < 1.29 is 18.0 Å². The Labute approximate surface area is 207 Å². The van der Waals surface area contributed by atoms with E-state index in [2.05, 4.69) is 5.32 Å². The molecule has 9 heteroatoms. The molecule has 0 saturated carbocycles. The van der Waals surface area contributed by atoms with Crippen LogP contribution in [0.2, 0.25) is 0 Å². The molecule has 2 amide bonds. The lowest BCUT2D eigenvalue weighted by molar-refractivity contribution is -0.127. The van der Waals surface area contributed by atoms with Gasteiger partial charge in [0.25, 0.3) is 11.8 Å². The topological polar surface area (TPSA) is 91.7 Å². The third kappa shape index (κ3) is 5.80. The molecule has 2 aromatic carbocycles. The van der Waals surface area contributed by atoms with E-state index in [9.17, 15) is 18.0 Å². The maximum atomic E-state index is 13.6. The summed E-state index contributed by atoms with van der Waals surface area (Å²) in [7, 11) is -0.880. The summed E-state index contributed by atoms with van der Waals surface area (Å²) in [5.74, 6) is -0.729. The largest absolute Gasteiger partial charge is 0.337 e. The Morgan fingerprint density at radius 2 is 1.54 bits per heavy atom. The van der Waals surface area contributed by atoms with Gasteiger partial charge in [-0.15, -0.1) is 0 Å². The van der Waals surface area contributed by atoms with Crippen LogP contribution in [0.15, 0.2) is 66.5 Å². The summed E-state index contributed by atoms with van der Waals surface area (Å²) < 4.78 is 28.2. The molecule has 0 aliphatic carbocycles. The molecule has 0 aliphatic heterocycles. The highest BCUT2D eigenvalue weighted by Crippen LogP contribution is 2.26. The number of para-hydroxylation sites is 1. The highest BCUT2D eigenvalue weighted by Gasteiger charge is 2.23. The zero-order valence-electron chi connectivity index (χ0n) is 20.6. The smallest absolute Gasteiger partial charge is 0.307 e. The van der Waals surface area contributed by atoms with E-state index >= 15 is 0 Å². The van der Waals surface area contributed by atoms with Crippen molar-refractivity contribution in [2.24, 2.45) is 0 Å². The molecule has 0 saturated heterocycles. The van der Waals surface area contributed by atoms with Crippen LogP contribution in [0.3, 0.4) is 0 Å².